The Morgan fingerprint density at radius 2 is 1.92 bits per heavy atom. The van der Waals surface area contributed by atoms with Crippen molar-refractivity contribution < 1.29 is 22.8 Å². The first-order valence-corrected chi connectivity index (χ1v) is 15.1. The lowest BCUT2D eigenvalue weighted by atomic mass is 9.99. The molecule has 2 amide bonds. The molecule has 0 saturated carbocycles. The van der Waals surface area contributed by atoms with Gasteiger partial charge in [-0.05, 0) is 38.0 Å². The molecule has 3 rings (SSSR count). The van der Waals surface area contributed by atoms with Gasteiger partial charge < -0.3 is 32.3 Å². The summed E-state index contributed by atoms with van der Waals surface area (Å²) in [4.78, 5) is 49.4. The number of guanidine groups is 2. The number of sulfonamides is 1. The molecule has 0 unspecified atom stereocenters. The molecule has 17 heteroatoms. The fraction of sp³-hybridized carbons (Fsp3) is 0.636. The molecule has 3 heterocycles. The first-order valence-electron chi connectivity index (χ1n) is 12.6. The van der Waals surface area contributed by atoms with Crippen LogP contribution in [-0.2, 0) is 19.6 Å². The number of Topliss-reactive ketones (excluding diaryl/α,β-unsaturated/α-hetero) is 1. The fourth-order valence-corrected chi connectivity index (χ4v) is 6.93. The molecule has 216 valence electrons. The molecular formula is C22H36N10O5S2. The number of aromatic nitrogens is 1. The van der Waals surface area contributed by atoms with E-state index in [0.717, 1.165) is 11.3 Å². The second kappa shape index (κ2) is 13.7. The van der Waals surface area contributed by atoms with Crippen molar-refractivity contribution in [2.45, 2.75) is 44.2 Å². The number of nitrogens with two attached hydrogens (primary N) is 3. The van der Waals surface area contributed by atoms with Crippen LogP contribution >= 0.6 is 11.3 Å². The molecule has 0 aliphatic carbocycles. The summed E-state index contributed by atoms with van der Waals surface area (Å²) in [7, 11) is -3.74. The highest BCUT2D eigenvalue weighted by Crippen LogP contribution is 2.20. The molecule has 15 nitrogen and oxygen atoms in total. The summed E-state index contributed by atoms with van der Waals surface area (Å²) in [6.45, 7) is 1.20. The number of rotatable bonds is 13. The van der Waals surface area contributed by atoms with E-state index in [9.17, 15) is 22.8 Å². The van der Waals surface area contributed by atoms with E-state index < -0.39 is 33.9 Å². The predicted molar refractivity (Wildman–Crippen MR) is 146 cm³/mol. The van der Waals surface area contributed by atoms with Crippen molar-refractivity contribution in [3.8, 4) is 0 Å². The van der Waals surface area contributed by atoms with Crippen molar-refractivity contribution in [1.82, 2.24) is 24.8 Å². The number of aliphatic imine (C=N–C) groups is 1. The molecule has 2 saturated heterocycles. The van der Waals surface area contributed by atoms with E-state index in [1.807, 2.05) is 0 Å². The Morgan fingerprint density at radius 1 is 1.21 bits per heavy atom. The average Bonchev–Trinajstić information content (AvgIpc) is 3.52. The number of piperidine rings is 1. The topological polar surface area (TPSA) is 243 Å². The Hall–Kier alpha value is -3.31. The highest BCUT2D eigenvalue weighted by molar-refractivity contribution is 7.89. The first-order chi connectivity index (χ1) is 18.4. The van der Waals surface area contributed by atoms with E-state index in [-0.39, 0.29) is 66.9 Å². The Balaban J connectivity index is 1.51. The maximum Gasteiger partial charge on any atom is 0.241 e. The molecular weight excluding hydrogens is 548 g/mol. The minimum absolute atomic E-state index is 0.0278. The summed E-state index contributed by atoms with van der Waals surface area (Å²) in [5, 5.41) is 12.1. The molecule has 0 bridgehead atoms. The van der Waals surface area contributed by atoms with Gasteiger partial charge in [0.2, 0.25) is 27.6 Å². The molecule has 2 atom stereocenters. The number of carbonyl (C=O) groups is 3. The highest BCUT2D eigenvalue weighted by atomic mass is 32.2. The van der Waals surface area contributed by atoms with E-state index >= 15 is 0 Å². The summed E-state index contributed by atoms with van der Waals surface area (Å²) in [5.74, 6) is -1.70. The van der Waals surface area contributed by atoms with Gasteiger partial charge >= 0.3 is 0 Å². The van der Waals surface area contributed by atoms with Crippen LogP contribution in [-0.4, -0.2) is 103 Å². The number of hydrogen-bond acceptors (Lipinski definition) is 9. The summed E-state index contributed by atoms with van der Waals surface area (Å²) >= 11 is 1.16. The monoisotopic (exact) mass is 584 g/mol. The first kappa shape index (κ1) is 30.2. The van der Waals surface area contributed by atoms with Gasteiger partial charge in [-0.3, -0.25) is 24.8 Å². The van der Waals surface area contributed by atoms with Crippen LogP contribution < -0.4 is 27.2 Å². The molecule has 0 spiro atoms. The highest BCUT2D eigenvalue weighted by Gasteiger charge is 2.37. The van der Waals surface area contributed by atoms with Crippen molar-refractivity contribution in [3.05, 3.63) is 16.6 Å². The van der Waals surface area contributed by atoms with Gasteiger partial charge in [-0.15, -0.1) is 11.3 Å². The van der Waals surface area contributed by atoms with Gasteiger partial charge in [0.25, 0.3) is 0 Å². The minimum Gasteiger partial charge on any atom is -0.370 e. The second-order valence-electron chi connectivity index (χ2n) is 9.59. The zero-order chi connectivity index (χ0) is 28.6. The van der Waals surface area contributed by atoms with Crippen LogP contribution in [0.5, 0.6) is 0 Å². The third-order valence-corrected chi connectivity index (χ3v) is 8.95. The molecule has 39 heavy (non-hydrogen) atoms. The van der Waals surface area contributed by atoms with Gasteiger partial charge in [0.15, 0.2) is 16.9 Å². The van der Waals surface area contributed by atoms with Gasteiger partial charge in [-0.2, -0.15) is 0 Å². The SMILES string of the molecule is N=C(N)N1CCC(CS(=O)(=O)N[C@H]2CCN(CC(=O)N[C@@H](CCCN=C(N)N)C(=O)c3nccs3)C2=O)CC1. The summed E-state index contributed by atoms with van der Waals surface area (Å²) in [6, 6.07) is -1.83. The molecule has 2 aliphatic rings. The quantitative estimate of drug-likeness (QED) is 0.0644. The van der Waals surface area contributed by atoms with Crippen LogP contribution in [0.25, 0.3) is 0 Å². The molecule has 9 N–H and O–H groups in total. The molecule has 0 aromatic carbocycles. The van der Waals surface area contributed by atoms with E-state index in [1.165, 1.54) is 11.1 Å². The third-order valence-electron chi connectivity index (χ3n) is 6.60. The Bertz CT molecular complexity index is 1160. The maximum absolute atomic E-state index is 12.9. The number of amides is 2. The average molecular weight is 585 g/mol. The molecule has 1 aromatic rings. The van der Waals surface area contributed by atoms with Crippen molar-refractivity contribution in [2.24, 2.45) is 28.1 Å². The van der Waals surface area contributed by atoms with Gasteiger partial charge in [0, 0.05) is 37.8 Å². The smallest absolute Gasteiger partial charge is 0.241 e. The van der Waals surface area contributed by atoms with Crippen molar-refractivity contribution in [3.63, 3.8) is 0 Å². The van der Waals surface area contributed by atoms with Crippen LogP contribution in [0.1, 0.15) is 41.9 Å². The van der Waals surface area contributed by atoms with E-state index in [0.29, 0.717) is 32.4 Å². The van der Waals surface area contributed by atoms with E-state index in [1.54, 1.807) is 10.3 Å². The van der Waals surface area contributed by atoms with E-state index in [4.69, 9.17) is 22.6 Å². The van der Waals surface area contributed by atoms with Gasteiger partial charge in [-0.1, -0.05) is 0 Å². The van der Waals surface area contributed by atoms with Gasteiger partial charge in [-0.25, -0.2) is 18.1 Å². The zero-order valence-corrected chi connectivity index (χ0v) is 23.2. The number of nitrogens with zero attached hydrogens (tertiary/aromatic N) is 4. The van der Waals surface area contributed by atoms with Gasteiger partial charge in [0.1, 0.15) is 6.04 Å². The second-order valence-corrected chi connectivity index (χ2v) is 12.3. The lowest BCUT2D eigenvalue weighted by Crippen LogP contribution is -2.48. The Labute approximate surface area is 231 Å². The molecule has 1 aromatic heterocycles. The Morgan fingerprint density at radius 3 is 2.54 bits per heavy atom. The number of likely N-dealkylation sites (tertiary alicyclic amines) is 2. The maximum atomic E-state index is 12.9. The number of carbonyl (C=O) groups excluding carboxylic acids is 3. The predicted octanol–water partition coefficient (Wildman–Crippen LogP) is -2.01. The van der Waals surface area contributed by atoms with Crippen LogP contribution in [0.4, 0.5) is 0 Å². The largest absolute Gasteiger partial charge is 0.370 e. The minimum atomic E-state index is -3.74. The van der Waals surface area contributed by atoms with Crippen molar-refractivity contribution in [2.75, 3.05) is 38.5 Å². The van der Waals surface area contributed by atoms with Gasteiger partial charge in [0.05, 0.1) is 18.3 Å². The number of nitrogens with one attached hydrogen (secondary N) is 3. The van der Waals surface area contributed by atoms with E-state index in [2.05, 4.69) is 20.0 Å². The summed E-state index contributed by atoms with van der Waals surface area (Å²) in [5.41, 5.74) is 16.2. The molecule has 2 aliphatic heterocycles. The number of thiazole rings is 1. The normalized spacial score (nSPS) is 19.1. The van der Waals surface area contributed by atoms with Crippen molar-refractivity contribution in [1.29, 1.82) is 5.41 Å². The summed E-state index contributed by atoms with van der Waals surface area (Å²) in [6.07, 6.45) is 3.59. The van der Waals surface area contributed by atoms with Crippen LogP contribution in [0, 0.1) is 11.3 Å². The number of hydrogen-bond donors (Lipinski definition) is 6. The standard InChI is InChI=1S/C22H36N10O5S2/c23-21(24)28-6-1-2-15(18(34)19-27-7-11-38-19)29-17(33)12-32-10-5-16(20(32)35)30-39(36,37)13-14-3-8-31(9-4-14)22(25)26/h7,11,14-16,30H,1-6,8-10,12-13H2,(H3,25,26)(H,29,33)(H4,23,24,28)/t15-,16-/m0/s1. The van der Waals surface area contributed by atoms with Crippen LogP contribution in [0.15, 0.2) is 16.6 Å². The fourth-order valence-electron chi connectivity index (χ4n) is 4.60. The third kappa shape index (κ3) is 9.14. The Kier molecular flexibility index (Phi) is 10.6. The lowest BCUT2D eigenvalue weighted by Gasteiger charge is -2.32. The van der Waals surface area contributed by atoms with Crippen molar-refractivity contribution >= 4 is 50.9 Å². The zero-order valence-electron chi connectivity index (χ0n) is 21.5. The van der Waals surface area contributed by atoms with Crippen LogP contribution in [0.2, 0.25) is 0 Å². The molecule has 0 radical (unpaired) electrons. The van der Waals surface area contributed by atoms with Crippen LogP contribution in [0.3, 0.4) is 0 Å². The number of ketones is 1. The lowest BCUT2D eigenvalue weighted by molar-refractivity contribution is -0.134. The summed E-state index contributed by atoms with van der Waals surface area (Å²) < 4.78 is 28.0. The molecule has 2 fully saturated rings.